The van der Waals surface area contributed by atoms with E-state index in [4.69, 9.17) is 10.5 Å². The summed E-state index contributed by atoms with van der Waals surface area (Å²) in [7, 11) is 0. The predicted molar refractivity (Wildman–Crippen MR) is 83.9 cm³/mol. The Kier molecular flexibility index (Phi) is 5.57. The maximum Gasteiger partial charge on any atom is 0.265 e. The van der Waals surface area contributed by atoms with E-state index in [1.807, 2.05) is 0 Å². The number of carbonyl (C=O) groups excluding carboxylic acids is 2. The van der Waals surface area contributed by atoms with E-state index in [-0.39, 0.29) is 36.2 Å². The van der Waals surface area contributed by atoms with E-state index in [1.54, 1.807) is 39.0 Å². The van der Waals surface area contributed by atoms with Crippen LogP contribution in [0.15, 0.2) is 18.2 Å². The van der Waals surface area contributed by atoms with Crippen molar-refractivity contribution in [1.29, 1.82) is 0 Å². The molecule has 0 fully saturated rings. The molecule has 1 aliphatic heterocycles. The summed E-state index contributed by atoms with van der Waals surface area (Å²) in [5.74, 6) is -0.0615. The molecule has 0 saturated carbocycles. The van der Waals surface area contributed by atoms with Crippen molar-refractivity contribution >= 4 is 35.6 Å². The van der Waals surface area contributed by atoms with Crippen LogP contribution >= 0.6 is 12.4 Å². The van der Waals surface area contributed by atoms with Crippen LogP contribution in [0, 0.1) is 5.92 Å². The predicted octanol–water partition coefficient (Wildman–Crippen LogP) is 1.75. The van der Waals surface area contributed by atoms with Crippen molar-refractivity contribution in [2.24, 2.45) is 11.7 Å². The van der Waals surface area contributed by atoms with Crippen LogP contribution in [0.4, 0.5) is 11.4 Å². The maximum absolute atomic E-state index is 11.9. The molecule has 1 aromatic carbocycles. The Balaban J connectivity index is 0.00000220. The van der Waals surface area contributed by atoms with Gasteiger partial charge in [-0.1, -0.05) is 6.92 Å². The van der Waals surface area contributed by atoms with Crippen molar-refractivity contribution in [3.8, 4) is 5.75 Å². The smallest absolute Gasteiger partial charge is 0.265 e. The minimum absolute atomic E-state index is 0. The third-order valence-electron chi connectivity index (χ3n) is 3.38. The van der Waals surface area contributed by atoms with Crippen LogP contribution in [0.5, 0.6) is 5.75 Å². The Hall–Kier alpha value is -1.79. The third-order valence-corrected chi connectivity index (χ3v) is 3.38. The molecule has 2 rings (SSSR count). The summed E-state index contributed by atoms with van der Waals surface area (Å²) in [6.07, 6.45) is -0.513. The van der Waals surface area contributed by atoms with Crippen molar-refractivity contribution in [1.82, 2.24) is 0 Å². The highest BCUT2D eigenvalue weighted by Crippen LogP contribution is 2.32. The molecule has 3 atom stereocenters. The molecule has 116 valence electrons. The molecule has 1 aromatic rings. The zero-order valence-corrected chi connectivity index (χ0v) is 13.0. The van der Waals surface area contributed by atoms with Crippen molar-refractivity contribution in [3.63, 3.8) is 0 Å². The molecular weight excluding hydrogens is 294 g/mol. The second-order valence-electron chi connectivity index (χ2n) is 5.10. The highest BCUT2D eigenvalue weighted by atomic mass is 35.5. The molecule has 0 aliphatic carbocycles. The summed E-state index contributed by atoms with van der Waals surface area (Å²) in [6.45, 7) is 5.23. The van der Waals surface area contributed by atoms with Crippen LogP contribution in [-0.2, 0) is 9.59 Å². The molecule has 3 unspecified atom stereocenters. The van der Waals surface area contributed by atoms with Crippen molar-refractivity contribution in [2.45, 2.75) is 32.9 Å². The Morgan fingerprint density at radius 2 is 2.10 bits per heavy atom. The lowest BCUT2D eigenvalue weighted by molar-refractivity contribution is -0.122. The first-order valence-electron chi connectivity index (χ1n) is 6.56. The van der Waals surface area contributed by atoms with Crippen LogP contribution in [0.2, 0.25) is 0 Å². The standard InChI is InChI=1S/C14H19N3O3.ClH/c1-7(8(2)15)13(18)16-10-4-5-12-11(6-10)17-14(19)9(3)20-12;/h4-9H,15H2,1-3H3,(H,16,18)(H,17,19);1H. The zero-order chi connectivity index (χ0) is 14.9. The van der Waals surface area contributed by atoms with Crippen molar-refractivity contribution < 1.29 is 14.3 Å². The second-order valence-corrected chi connectivity index (χ2v) is 5.10. The average Bonchev–Trinajstić information content (AvgIpc) is 2.39. The number of rotatable bonds is 3. The molecule has 4 N–H and O–H groups in total. The van der Waals surface area contributed by atoms with Crippen molar-refractivity contribution in [3.05, 3.63) is 18.2 Å². The molecule has 0 radical (unpaired) electrons. The van der Waals surface area contributed by atoms with E-state index in [2.05, 4.69) is 10.6 Å². The molecule has 21 heavy (non-hydrogen) atoms. The second kappa shape index (κ2) is 6.78. The Labute approximate surface area is 129 Å². The highest BCUT2D eigenvalue weighted by molar-refractivity contribution is 5.99. The SMILES string of the molecule is CC1Oc2ccc(NC(=O)C(C)C(C)N)cc2NC1=O.Cl. The molecule has 0 spiro atoms. The van der Waals surface area contributed by atoms with Crippen LogP contribution < -0.4 is 21.1 Å². The minimum Gasteiger partial charge on any atom is -0.479 e. The fourth-order valence-electron chi connectivity index (χ4n) is 1.78. The van der Waals surface area contributed by atoms with E-state index >= 15 is 0 Å². The lowest BCUT2D eigenvalue weighted by Crippen LogP contribution is -2.35. The van der Waals surface area contributed by atoms with E-state index in [9.17, 15) is 9.59 Å². The van der Waals surface area contributed by atoms with Gasteiger partial charge in [0.25, 0.3) is 5.91 Å². The highest BCUT2D eigenvalue weighted by Gasteiger charge is 2.24. The summed E-state index contributed by atoms with van der Waals surface area (Å²) in [5.41, 5.74) is 6.85. The fraction of sp³-hybridized carbons (Fsp3) is 0.429. The molecule has 7 heteroatoms. The molecule has 1 aliphatic rings. The number of nitrogens with two attached hydrogens (primary N) is 1. The average molecular weight is 314 g/mol. The lowest BCUT2D eigenvalue weighted by Gasteiger charge is -2.24. The summed E-state index contributed by atoms with van der Waals surface area (Å²) in [5, 5.41) is 5.51. The van der Waals surface area contributed by atoms with Gasteiger partial charge in [-0.3, -0.25) is 9.59 Å². The van der Waals surface area contributed by atoms with Gasteiger partial charge in [0, 0.05) is 11.7 Å². The van der Waals surface area contributed by atoms with E-state index < -0.39 is 6.10 Å². The summed E-state index contributed by atoms with van der Waals surface area (Å²) < 4.78 is 5.44. The number of halogens is 1. The third kappa shape index (κ3) is 3.86. The first-order chi connectivity index (χ1) is 9.38. The molecule has 1 heterocycles. The quantitative estimate of drug-likeness (QED) is 0.792. The van der Waals surface area contributed by atoms with Gasteiger partial charge in [0.15, 0.2) is 6.10 Å². The van der Waals surface area contributed by atoms with E-state index in [0.717, 1.165) is 0 Å². The molecular formula is C14H20ClN3O3. The van der Waals surface area contributed by atoms with Gasteiger partial charge in [0.1, 0.15) is 5.75 Å². The number of anilines is 2. The van der Waals surface area contributed by atoms with Crippen LogP contribution in [0.25, 0.3) is 0 Å². The maximum atomic E-state index is 11.9. The van der Waals surface area contributed by atoms with Gasteiger partial charge in [-0.25, -0.2) is 0 Å². The monoisotopic (exact) mass is 313 g/mol. The summed E-state index contributed by atoms with van der Waals surface area (Å²) in [6, 6.07) is 4.90. The topological polar surface area (TPSA) is 93.4 Å². The number of carbonyl (C=O) groups is 2. The lowest BCUT2D eigenvalue weighted by atomic mass is 10.0. The Morgan fingerprint density at radius 3 is 2.71 bits per heavy atom. The number of hydrogen-bond donors (Lipinski definition) is 3. The number of nitrogens with one attached hydrogen (secondary N) is 2. The Morgan fingerprint density at radius 1 is 1.43 bits per heavy atom. The van der Waals surface area contributed by atoms with Gasteiger partial charge in [-0.2, -0.15) is 0 Å². The van der Waals surface area contributed by atoms with E-state index in [1.165, 1.54) is 0 Å². The fourth-order valence-corrected chi connectivity index (χ4v) is 1.78. The number of amides is 2. The first-order valence-corrected chi connectivity index (χ1v) is 6.56. The molecule has 0 bridgehead atoms. The zero-order valence-electron chi connectivity index (χ0n) is 12.2. The van der Waals surface area contributed by atoms with Gasteiger partial charge < -0.3 is 21.1 Å². The molecule has 2 amide bonds. The largest absolute Gasteiger partial charge is 0.479 e. The first kappa shape index (κ1) is 17.3. The van der Waals surface area contributed by atoms with Gasteiger partial charge in [-0.05, 0) is 32.0 Å². The van der Waals surface area contributed by atoms with Gasteiger partial charge in [0.05, 0.1) is 11.6 Å². The van der Waals surface area contributed by atoms with Gasteiger partial charge >= 0.3 is 0 Å². The van der Waals surface area contributed by atoms with Crippen LogP contribution in [0.1, 0.15) is 20.8 Å². The minimum atomic E-state index is -0.513. The summed E-state index contributed by atoms with van der Waals surface area (Å²) >= 11 is 0. The molecule has 0 saturated heterocycles. The molecule has 0 aromatic heterocycles. The number of ether oxygens (including phenoxy) is 1. The number of hydrogen-bond acceptors (Lipinski definition) is 4. The van der Waals surface area contributed by atoms with Crippen LogP contribution in [-0.4, -0.2) is 24.0 Å². The van der Waals surface area contributed by atoms with Gasteiger partial charge in [-0.15, -0.1) is 12.4 Å². The summed E-state index contributed by atoms with van der Waals surface area (Å²) in [4.78, 5) is 23.5. The Bertz CT molecular complexity index is 548. The van der Waals surface area contributed by atoms with Crippen LogP contribution in [0.3, 0.4) is 0 Å². The van der Waals surface area contributed by atoms with Crippen molar-refractivity contribution in [2.75, 3.05) is 10.6 Å². The number of fused-ring (bicyclic) bond motifs is 1. The van der Waals surface area contributed by atoms with E-state index in [0.29, 0.717) is 17.1 Å². The number of benzene rings is 1. The normalized spacial score (nSPS) is 19.2. The molecule has 6 nitrogen and oxygen atoms in total. The van der Waals surface area contributed by atoms with Gasteiger partial charge in [0.2, 0.25) is 5.91 Å².